The number of carbonyl (C=O) groups excluding carboxylic acids is 1. The van der Waals surface area contributed by atoms with Gasteiger partial charge in [-0.2, -0.15) is 4.31 Å². The Morgan fingerprint density at radius 1 is 1.26 bits per heavy atom. The minimum Gasteiger partial charge on any atom is -0.351 e. The zero-order valence-electron chi connectivity index (χ0n) is 16.0. The van der Waals surface area contributed by atoms with Crippen molar-refractivity contribution in [1.29, 1.82) is 0 Å². The smallest absolute Gasteiger partial charge is 0.243 e. The molecule has 1 heterocycles. The summed E-state index contributed by atoms with van der Waals surface area (Å²) in [7, 11) is -6.90. The number of amides is 1. The number of benzene rings is 1. The van der Waals surface area contributed by atoms with Crippen LogP contribution in [0.3, 0.4) is 0 Å². The van der Waals surface area contributed by atoms with Crippen molar-refractivity contribution in [2.45, 2.75) is 50.5 Å². The fraction of sp³-hybridized carbons (Fsp3) is 0.611. The summed E-state index contributed by atoms with van der Waals surface area (Å²) in [4.78, 5) is 12.4. The SMILES string of the molecule is CC[C@H](C)c1ccc(S(=O)(=O)N(CC)CC(=O)N[C@H]2CCS(=O)(=O)C2)cc1. The predicted octanol–water partition coefficient (Wildman–Crippen LogP) is 1.51. The third-order valence-corrected chi connectivity index (χ3v) is 8.67. The van der Waals surface area contributed by atoms with Gasteiger partial charge in [0.2, 0.25) is 15.9 Å². The van der Waals surface area contributed by atoms with Gasteiger partial charge in [0.15, 0.2) is 9.84 Å². The molecule has 1 aromatic carbocycles. The molecule has 1 N–H and O–H groups in total. The van der Waals surface area contributed by atoms with Gasteiger partial charge in [-0.25, -0.2) is 16.8 Å². The van der Waals surface area contributed by atoms with Crippen molar-refractivity contribution < 1.29 is 21.6 Å². The van der Waals surface area contributed by atoms with Crippen molar-refractivity contribution in [2.24, 2.45) is 0 Å². The number of nitrogens with zero attached hydrogens (tertiary/aromatic N) is 1. The molecule has 1 amide bonds. The molecule has 1 aliphatic heterocycles. The Hall–Kier alpha value is -1.45. The van der Waals surface area contributed by atoms with E-state index in [1.807, 2.05) is 0 Å². The van der Waals surface area contributed by atoms with Crippen LogP contribution in [0.2, 0.25) is 0 Å². The number of rotatable bonds is 8. The molecule has 27 heavy (non-hydrogen) atoms. The molecular weight excluding hydrogens is 388 g/mol. The van der Waals surface area contributed by atoms with E-state index in [2.05, 4.69) is 19.2 Å². The molecule has 0 radical (unpaired) electrons. The lowest BCUT2D eigenvalue weighted by molar-refractivity contribution is -0.121. The number of carbonyl (C=O) groups is 1. The van der Waals surface area contributed by atoms with E-state index in [9.17, 15) is 21.6 Å². The third-order valence-electron chi connectivity index (χ3n) is 4.97. The van der Waals surface area contributed by atoms with Crippen molar-refractivity contribution in [1.82, 2.24) is 9.62 Å². The van der Waals surface area contributed by atoms with Crippen LogP contribution in [-0.2, 0) is 24.7 Å². The Labute approximate surface area is 162 Å². The Morgan fingerprint density at radius 2 is 1.89 bits per heavy atom. The first-order valence-electron chi connectivity index (χ1n) is 9.19. The lowest BCUT2D eigenvalue weighted by Gasteiger charge is -2.21. The molecule has 0 saturated carbocycles. The Morgan fingerprint density at radius 3 is 2.37 bits per heavy atom. The molecule has 0 bridgehead atoms. The highest BCUT2D eigenvalue weighted by Gasteiger charge is 2.31. The highest BCUT2D eigenvalue weighted by atomic mass is 32.2. The largest absolute Gasteiger partial charge is 0.351 e. The quantitative estimate of drug-likeness (QED) is 0.692. The fourth-order valence-corrected chi connectivity index (χ4v) is 6.14. The highest BCUT2D eigenvalue weighted by Crippen LogP contribution is 2.22. The Bertz CT molecular complexity index is 864. The molecule has 1 saturated heterocycles. The topological polar surface area (TPSA) is 101 Å². The van der Waals surface area contributed by atoms with Gasteiger partial charge in [0.1, 0.15) is 0 Å². The average Bonchev–Trinajstić information content (AvgIpc) is 2.97. The van der Waals surface area contributed by atoms with Gasteiger partial charge in [-0.15, -0.1) is 0 Å². The second kappa shape index (κ2) is 8.70. The molecule has 1 fully saturated rings. The van der Waals surface area contributed by atoms with Gasteiger partial charge in [0.25, 0.3) is 0 Å². The van der Waals surface area contributed by atoms with Gasteiger partial charge in [0.05, 0.1) is 22.9 Å². The van der Waals surface area contributed by atoms with Crippen LogP contribution in [0.1, 0.15) is 45.1 Å². The molecule has 0 unspecified atom stereocenters. The first-order chi connectivity index (χ1) is 12.6. The summed E-state index contributed by atoms with van der Waals surface area (Å²) in [6.07, 6.45) is 1.33. The van der Waals surface area contributed by atoms with Gasteiger partial charge >= 0.3 is 0 Å². The summed E-state index contributed by atoms with van der Waals surface area (Å²) < 4.78 is 49.8. The maximum Gasteiger partial charge on any atom is 0.243 e. The van der Waals surface area contributed by atoms with E-state index in [4.69, 9.17) is 0 Å². The van der Waals surface area contributed by atoms with Crippen LogP contribution < -0.4 is 5.32 Å². The van der Waals surface area contributed by atoms with Gasteiger partial charge in [0, 0.05) is 12.6 Å². The van der Waals surface area contributed by atoms with Crippen LogP contribution in [0.25, 0.3) is 0 Å². The van der Waals surface area contributed by atoms with Crippen LogP contribution >= 0.6 is 0 Å². The second-order valence-electron chi connectivity index (χ2n) is 6.98. The maximum absolute atomic E-state index is 12.8. The number of sulfone groups is 1. The zero-order chi connectivity index (χ0) is 20.2. The lowest BCUT2D eigenvalue weighted by atomic mass is 9.99. The molecule has 1 aromatic rings. The fourth-order valence-electron chi connectivity index (χ4n) is 3.06. The van der Waals surface area contributed by atoms with Crippen LogP contribution in [-0.4, -0.2) is 57.7 Å². The number of nitrogens with one attached hydrogen (secondary N) is 1. The molecule has 1 aliphatic rings. The molecule has 0 aliphatic carbocycles. The standard InChI is InChI=1S/C18H28N2O5S2/c1-4-14(3)15-6-8-17(9-7-15)27(24,25)20(5-2)12-18(21)19-16-10-11-26(22,23)13-16/h6-9,14,16H,4-5,10-13H2,1-3H3,(H,19,21)/t14-,16-/m0/s1. The van der Waals surface area contributed by atoms with Crippen LogP contribution in [0.4, 0.5) is 0 Å². The van der Waals surface area contributed by atoms with Crippen LogP contribution in [0.15, 0.2) is 29.2 Å². The van der Waals surface area contributed by atoms with E-state index in [1.54, 1.807) is 31.2 Å². The van der Waals surface area contributed by atoms with E-state index in [0.717, 1.165) is 16.3 Å². The second-order valence-corrected chi connectivity index (χ2v) is 11.1. The van der Waals surface area contributed by atoms with Gasteiger partial charge < -0.3 is 5.32 Å². The molecule has 7 nitrogen and oxygen atoms in total. The van der Waals surface area contributed by atoms with E-state index >= 15 is 0 Å². The first-order valence-corrected chi connectivity index (χ1v) is 12.4. The molecular formula is C18H28N2O5S2. The monoisotopic (exact) mass is 416 g/mol. The number of hydrogen-bond acceptors (Lipinski definition) is 5. The number of likely N-dealkylation sites (N-methyl/N-ethyl adjacent to an activating group) is 1. The molecule has 0 spiro atoms. The van der Waals surface area contributed by atoms with Crippen LogP contribution in [0, 0.1) is 0 Å². The Kier molecular flexibility index (Phi) is 7.04. The molecule has 2 atom stereocenters. The highest BCUT2D eigenvalue weighted by molar-refractivity contribution is 7.91. The minimum atomic E-state index is -3.80. The number of sulfonamides is 1. The zero-order valence-corrected chi connectivity index (χ0v) is 17.6. The molecule has 0 aromatic heterocycles. The summed E-state index contributed by atoms with van der Waals surface area (Å²) >= 11 is 0. The van der Waals surface area contributed by atoms with Crippen molar-refractivity contribution in [2.75, 3.05) is 24.6 Å². The van der Waals surface area contributed by atoms with Gasteiger partial charge in [-0.05, 0) is 36.5 Å². The van der Waals surface area contributed by atoms with E-state index in [-0.39, 0.29) is 29.5 Å². The lowest BCUT2D eigenvalue weighted by Crippen LogP contribution is -2.44. The molecule has 2 rings (SSSR count). The first kappa shape index (κ1) is 21.8. The maximum atomic E-state index is 12.8. The van der Waals surface area contributed by atoms with E-state index in [1.165, 1.54) is 0 Å². The van der Waals surface area contributed by atoms with Crippen molar-refractivity contribution in [3.8, 4) is 0 Å². The van der Waals surface area contributed by atoms with Crippen molar-refractivity contribution >= 4 is 25.8 Å². The minimum absolute atomic E-state index is 0.0519. The summed E-state index contributed by atoms with van der Waals surface area (Å²) in [5.74, 6) is -0.179. The summed E-state index contributed by atoms with van der Waals surface area (Å²) in [5, 5.41) is 2.63. The molecule has 9 heteroatoms. The van der Waals surface area contributed by atoms with E-state index in [0.29, 0.717) is 12.3 Å². The number of hydrogen-bond donors (Lipinski definition) is 1. The normalized spacial score (nSPS) is 20.5. The van der Waals surface area contributed by atoms with Crippen molar-refractivity contribution in [3.05, 3.63) is 29.8 Å². The third kappa shape index (κ3) is 5.52. The summed E-state index contributed by atoms with van der Waals surface area (Å²) in [5.41, 5.74) is 1.07. The molecule has 152 valence electrons. The summed E-state index contributed by atoms with van der Waals surface area (Å²) in [6, 6.07) is 6.30. The predicted molar refractivity (Wildman–Crippen MR) is 105 cm³/mol. The summed E-state index contributed by atoms with van der Waals surface area (Å²) in [6.45, 7) is 5.63. The van der Waals surface area contributed by atoms with Crippen molar-refractivity contribution in [3.63, 3.8) is 0 Å². The van der Waals surface area contributed by atoms with Crippen LogP contribution in [0.5, 0.6) is 0 Å². The van der Waals surface area contributed by atoms with E-state index < -0.39 is 31.8 Å². The average molecular weight is 417 g/mol. The Balaban J connectivity index is 2.07. The van der Waals surface area contributed by atoms with Gasteiger partial charge in [-0.3, -0.25) is 4.79 Å². The van der Waals surface area contributed by atoms with Gasteiger partial charge in [-0.1, -0.05) is 32.9 Å².